The number of aliphatic carboxylic acids is 2. The molecule has 1 aromatic heterocycles. The Kier molecular flexibility index (Phi) is 8.36. The zero-order valence-electron chi connectivity index (χ0n) is 20.6. The van der Waals surface area contributed by atoms with E-state index in [0.29, 0.717) is 28.9 Å². The molecule has 0 aliphatic carbocycles. The van der Waals surface area contributed by atoms with Crippen molar-refractivity contribution in [3.63, 3.8) is 0 Å². The van der Waals surface area contributed by atoms with E-state index in [1.54, 1.807) is 6.08 Å². The predicted octanol–water partition coefficient (Wildman–Crippen LogP) is -0.508. The molecular weight excluding hydrogens is 572 g/mol. The van der Waals surface area contributed by atoms with Gasteiger partial charge in [0, 0.05) is 30.5 Å². The number of aromatic nitrogens is 1. The molecular formula is C21H24N8O7S3. The lowest BCUT2D eigenvalue weighted by molar-refractivity contribution is -0.150. The summed E-state index contributed by atoms with van der Waals surface area (Å²) in [6.45, 7) is 1.80. The molecule has 2 unspecified atom stereocenters. The second-order valence-electron chi connectivity index (χ2n) is 8.41. The Bertz CT molecular complexity index is 1340. The maximum absolute atomic E-state index is 13.1. The monoisotopic (exact) mass is 596 g/mol. The first-order valence-corrected chi connectivity index (χ1v) is 14.2. The second-order valence-corrected chi connectivity index (χ2v) is 11.3. The number of thiazole rings is 1. The van der Waals surface area contributed by atoms with Crippen LogP contribution in [-0.4, -0.2) is 102 Å². The van der Waals surface area contributed by atoms with E-state index in [2.05, 4.69) is 20.4 Å². The van der Waals surface area contributed by atoms with Crippen LogP contribution in [0, 0.1) is 0 Å². The summed E-state index contributed by atoms with van der Waals surface area (Å²) >= 11 is 3.64. The normalized spacial score (nSPS) is 21.9. The molecule has 0 bridgehead atoms. The topological polar surface area (TPSA) is 226 Å². The summed E-state index contributed by atoms with van der Waals surface area (Å²) in [5, 5.41) is 26.7. The SMILES string of the molecule is CC(O/N=C(\C(=O)NC1C(=O)N2C(C(=O)O)=C(CSC3=NC(N)=CCN3C)CS[C@@H]12)c1csc(N)n1)C(=O)O. The molecule has 2 amide bonds. The van der Waals surface area contributed by atoms with Crippen molar-refractivity contribution >= 4 is 74.6 Å². The number of nitrogen functional groups attached to an aromatic ring is 1. The number of carbonyl (C=O) groups is 4. The van der Waals surface area contributed by atoms with Crippen LogP contribution in [0.15, 0.2) is 38.7 Å². The molecule has 3 atom stereocenters. The molecule has 0 aromatic carbocycles. The fourth-order valence-corrected chi connectivity index (χ4v) is 6.66. The fraction of sp³-hybridized carbons (Fsp3) is 0.381. The van der Waals surface area contributed by atoms with Gasteiger partial charge in [0.25, 0.3) is 11.8 Å². The minimum absolute atomic E-state index is 0.0315. The van der Waals surface area contributed by atoms with Crippen molar-refractivity contribution in [2.75, 3.05) is 30.8 Å². The predicted molar refractivity (Wildman–Crippen MR) is 146 cm³/mol. The van der Waals surface area contributed by atoms with Crippen LogP contribution < -0.4 is 16.8 Å². The number of fused-ring (bicyclic) bond motifs is 1. The van der Waals surface area contributed by atoms with Gasteiger partial charge in [0.1, 0.15) is 28.6 Å². The molecule has 1 saturated heterocycles. The number of hydrogen-bond acceptors (Lipinski definition) is 14. The molecule has 4 rings (SSSR count). The Hall–Kier alpha value is -3.77. The van der Waals surface area contributed by atoms with Crippen LogP contribution in [0.3, 0.4) is 0 Å². The molecule has 15 nitrogen and oxygen atoms in total. The van der Waals surface area contributed by atoms with Gasteiger partial charge in [-0.25, -0.2) is 19.6 Å². The maximum atomic E-state index is 13.1. The van der Waals surface area contributed by atoms with E-state index in [9.17, 15) is 24.3 Å². The highest BCUT2D eigenvalue weighted by Gasteiger charge is 2.54. The van der Waals surface area contributed by atoms with Crippen LogP contribution in [0.1, 0.15) is 12.6 Å². The Morgan fingerprint density at radius 2 is 2.10 bits per heavy atom. The van der Waals surface area contributed by atoms with Crippen LogP contribution in [0.25, 0.3) is 0 Å². The number of anilines is 1. The molecule has 3 aliphatic rings. The lowest BCUT2D eigenvalue weighted by Gasteiger charge is -2.49. The van der Waals surface area contributed by atoms with Crippen molar-refractivity contribution in [3.8, 4) is 0 Å². The third kappa shape index (κ3) is 5.96. The minimum atomic E-state index is -1.36. The summed E-state index contributed by atoms with van der Waals surface area (Å²) in [6.07, 6.45) is 0.406. The first-order chi connectivity index (χ1) is 18.5. The van der Waals surface area contributed by atoms with Crippen LogP contribution in [-0.2, 0) is 24.0 Å². The number of thioether (sulfide) groups is 2. The first kappa shape index (κ1) is 28.2. The number of aliphatic imine (C=N–C) groups is 1. The highest BCUT2D eigenvalue weighted by molar-refractivity contribution is 8.14. The van der Waals surface area contributed by atoms with E-state index in [1.807, 2.05) is 11.9 Å². The number of nitrogens with zero attached hydrogens (tertiary/aromatic N) is 5. The molecule has 39 heavy (non-hydrogen) atoms. The molecule has 0 saturated carbocycles. The van der Waals surface area contributed by atoms with Crippen LogP contribution >= 0.6 is 34.9 Å². The van der Waals surface area contributed by atoms with E-state index < -0.39 is 41.3 Å². The van der Waals surface area contributed by atoms with Gasteiger partial charge in [0.05, 0.1) is 0 Å². The molecule has 0 spiro atoms. The molecule has 18 heteroatoms. The summed E-state index contributed by atoms with van der Waals surface area (Å²) in [5.41, 5.74) is 11.5. The van der Waals surface area contributed by atoms with Crippen molar-refractivity contribution in [2.45, 2.75) is 24.4 Å². The van der Waals surface area contributed by atoms with Crippen molar-refractivity contribution in [2.24, 2.45) is 15.9 Å². The summed E-state index contributed by atoms with van der Waals surface area (Å²) in [5.74, 6) is -3.07. The van der Waals surface area contributed by atoms with Crippen molar-refractivity contribution in [1.82, 2.24) is 20.1 Å². The number of amidine groups is 1. The summed E-state index contributed by atoms with van der Waals surface area (Å²) in [4.78, 5) is 65.6. The number of nitrogens with two attached hydrogens (primary N) is 2. The first-order valence-electron chi connectivity index (χ1n) is 11.2. The van der Waals surface area contributed by atoms with E-state index in [0.717, 1.165) is 16.2 Å². The molecule has 3 aliphatic heterocycles. The molecule has 208 valence electrons. The molecule has 1 aromatic rings. The summed E-state index contributed by atoms with van der Waals surface area (Å²) in [6, 6.07) is -1.05. The number of carboxylic acid groups (broad SMARTS) is 2. The van der Waals surface area contributed by atoms with Crippen LogP contribution in [0.2, 0.25) is 0 Å². The number of likely N-dealkylation sites (N-methyl/N-ethyl adjacent to an activating group) is 1. The van der Waals surface area contributed by atoms with E-state index >= 15 is 0 Å². The average molecular weight is 597 g/mol. The van der Waals surface area contributed by atoms with Crippen LogP contribution in [0.4, 0.5) is 5.13 Å². The summed E-state index contributed by atoms with van der Waals surface area (Å²) in [7, 11) is 1.84. The Morgan fingerprint density at radius 1 is 1.36 bits per heavy atom. The van der Waals surface area contributed by atoms with Gasteiger partial charge in [-0.2, -0.15) is 0 Å². The third-order valence-corrected chi connectivity index (χ3v) is 8.83. The number of amides is 2. The molecule has 0 radical (unpaired) electrons. The largest absolute Gasteiger partial charge is 0.478 e. The smallest absolute Gasteiger partial charge is 0.352 e. The molecule has 7 N–H and O–H groups in total. The minimum Gasteiger partial charge on any atom is -0.478 e. The van der Waals surface area contributed by atoms with Gasteiger partial charge in [-0.1, -0.05) is 16.9 Å². The number of rotatable bonds is 9. The van der Waals surface area contributed by atoms with E-state index in [4.69, 9.17) is 21.4 Å². The van der Waals surface area contributed by atoms with Crippen molar-refractivity contribution < 1.29 is 34.2 Å². The maximum Gasteiger partial charge on any atom is 0.352 e. The Balaban J connectivity index is 1.50. The zero-order valence-corrected chi connectivity index (χ0v) is 23.0. The number of β-lactam (4-membered cyclic amide) rings is 1. The van der Waals surface area contributed by atoms with Gasteiger partial charge in [-0.05, 0) is 18.6 Å². The van der Waals surface area contributed by atoms with Gasteiger partial charge in [-0.15, -0.1) is 23.1 Å². The van der Waals surface area contributed by atoms with E-state index in [1.165, 1.54) is 35.8 Å². The van der Waals surface area contributed by atoms with Gasteiger partial charge in [0.2, 0.25) is 6.10 Å². The number of carboxylic acids is 2. The lowest BCUT2D eigenvalue weighted by Crippen LogP contribution is -2.71. The van der Waals surface area contributed by atoms with Gasteiger partial charge in [0.15, 0.2) is 16.0 Å². The van der Waals surface area contributed by atoms with Gasteiger partial charge in [-0.3, -0.25) is 14.5 Å². The number of hydrogen-bond donors (Lipinski definition) is 5. The third-order valence-electron chi connectivity index (χ3n) is 5.67. The van der Waals surface area contributed by atoms with Crippen molar-refractivity contribution in [1.29, 1.82) is 0 Å². The lowest BCUT2D eigenvalue weighted by atomic mass is 10.0. The second kappa shape index (κ2) is 11.5. The highest BCUT2D eigenvalue weighted by Crippen LogP contribution is 2.41. The van der Waals surface area contributed by atoms with E-state index in [-0.39, 0.29) is 28.0 Å². The van der Waals surface area contributed by atoms with Crippen molar-refractivity contribution in [3.05, 3.63) is 34.2 Å². The standard InChI is InChI=1S/C21H24N8O7S3/c1-8(18(32)33)36-27-12(10-7-38-20(23)24-10)15(30)26-13-16(31)29-14(19(34)35)9(5-37-17(13)29)6-39-21-25-11(22)3-4-28(21)2/h3,7-8,13,17H,4-6,22H2,1-2H3,(H2,23,24)(H,26,30)(H,32,33)(H,34,35)/b27-12-/t8?,13?,17-/m0/s1. The van der Waals surface area contributed by atoms with Gasteiger partial charge < -0.3 is 36.7 Å². The number of carbonyl (C=O) groups excluding carboxylic acids is 2. The zero-order chi connectivity index (χ0) is 28.4. The Labute approximate surface area is 234 Å². The number of nitrogens with one attached hydrogen (secondary N) is 1. The average Bonchev–Trinajstić information content (AvgIpc) is 3.32. The molecule has 1 fully saturated rings. The summed E-state index contributed by atoms with van der Waals surface area (Å²) < 4.78 is 0. The van der Waals surface area contributed by atoms with Crippen LogP contribution in [0.5, 0.6) is 0 Å². The quantitative estimate of drug-likeness (QED) is 0.138. The van der Waals surface area contributed by atoms with Gasteiger partial charge >= 0.3 is 11.9 Å². The Morgan fingerprint density at radius 3 is 2.74 bits per heavy atom. The molecule has 4 heterocycles. The fourth-order valence-electron chi connectivity index (χ4n) is 3.63. The highest BCUT2D eigenvalue weighted by atomic mass is 32.2. The number of oxime groups is 1.